The van der Waals surface area contributed by atoms with Gasteiger partial charge in [0.25, 0.3) is 0 Å². The lowest BCUT2D eigenvalue weighted by Gasteiger charge is -2.20. The molecule has 3 N–H and O–H groups in total. The van der Waals surface area contributed by atoms with Crippen LogP contribution >= 0.6 is 0 Å². The number of rotatable bonds is 6. The molecule has 94 valence electrons. The first-order valence-corrected chi connectivity index (χ1v) is 5.75. The fourth-order valence-electron chi connectivity index (χ4n) is 1.27. The molecular formula is C11H23N3O2. The van der Waals surface area contributed by atoms with Gasteiger partial charge in [0.15, 0.2) is 0 Å². The molecular weight excluding hydrogens is 206 g/mol. The molecule has 0 aliphatic heterocycles. The van der Waals surface area contributed by atoms with Gasteiger partial charge in [-0.2, -0.15) is 0 Å². The molecule has 5 heteroatoms. The second-order valence-electron chi connectivity index (χ2n) is 4.05. The van der Waals surface area contributed by atoms with Gasteiger partial charge in [-0.25, -0.2) is 0 Å². The van der Waals surface area contributed by atoms with Crippen molar-refractivity contribution in [1.82, 2.24) is 10.2 Å². The Bertz CT molecular complexity index is 223. The SMILES string of the molecule is CCN(CC)C(=O)CNC(=O)[C@@H](N)C(C)C. The Morgan fingerprint density at radius 1 is 1.25 bits per heavy atom. The van der Waals surface area contributed by atoms with Gasteiger partial charge in [-0.05, 0) is 19.8 Å². The molecule has 0 bridgehead atoms. The molecule has 0 unspecified atom stereocenters. The Kier molecular flexibility index (Phi) is 6.72. The zero-order chi connectivity index (χ0) is 12.7. The number of amides is 2. The highest BCUT2D eigenvalue weighted by atomic mass is 16.2. The standard InChI is InChI=1S/C11H23N3O2/c1-5-14(6-2)9(15)7-13-11(16)10(12)8(3)4/h8,10H,5-7,12H2,1-4H3,(H,13,16)/t10-/m0/s1. The normalized spacial score (nSPS) is 12.4. The van der Waals surface area contributed by atoms with Crippen LogP contribution in [0.3, 0.4) is 0 Å². The van der Waals surface area contributed by atoms with Crippen molar-refractivity contribution in [2.24, 2.45) is 11.7 Å². The zero-order valence-electron chi connectivity index (χ0n) is 10.6. The van der Waals surface area contributed by atoms with E-state index in [1.807, 2.05) is 27.7 Å². The third-order valence-corrected chi connectivity index (χ3v) is 2.55. The Labute approximate surface area is 97.4 Å². The number of carbonyl (C=O) groups excluding carboxylic acids is 2. The van der Waals surface area contributed by atoms with Crippen molar-refractivity contribution in [2.75, 3.05) is 19.6 Å². The second-order valence-corrected chi connectivity index (χ2v) is 4.05. The Morgan fingerprint density at radius 3 is 2.12 bits per heavy atom. The van der Waals surface area contributed by atoms with Crippen molar-refractivity contribution < 1.29 is 9.59 Å². The maximum Gasteiger partial charge on any atom is 0.241 e. The van der Waals surface area contributed by atoms with Crippen LogP contribution in [0.4, 0.5) is 0 Å². The van der Waals surface area contributed by atoms with Crippen molar-refractivity contribution in [2.45, 2.75) is 33.7 Å². The second kappa shape index (κ2) is 7.22. The first-order valence-electron chi connectivity index (χ1n) is 5.75. The lowest BCUT2D eigenvalue weighted by atomic mass is 10.1. The molecule has 0 aromatic rings. The predicted molar refractivity (Wildman–Crippen MR) is 63.8 cm³/mol. The number of hydrogen-bond donors (Lipinski definition) is 2. The summed E-state index contributed by atoms with van der Waals surface area (Å²) in [6, 6.07) is -0.551. The van der Waals surface area contributed by atoms with Crippen LogP contribution in [0.1, 0.15) is 27.7 Å². The topological polar surface area (TPSA) is 75.4 Å². The summed E-state index contributed by atoms with van der Waals surface area (Å²) in [6.07, 6.45) is 0. The molecule has 0 radical (unpaired) electrons. The number of nitrogens with zero attached hydrogens (tertiary/aromatic N) is 1. The molecule has 5 nitrogen and oxygen atoms in total. The molecule has 0 spiro atoms. The van der Waals surface area contributed by atoms with Crippen molar-refractivity contribution in [1.29, 1.82) is 0 Å². The van der Waals surface area contributed by atoms with E-state index in [9.17, 15) is 9.59 Å². The van der Waals surface area contributed by atoms with Gasteiger partial charge in [0.1, 0.15) is 0 Å². The van der Waals surface area contributed by atoms with E-state index in [0.717, 1.165) is 0 Å². The van der Waals surface area contributed by atoms with Gasteiger partial charge in [0.2, 0.25) is 11.8 Å². The van der Waals surface area contributed by atoms with Crippen LogP contribution in [0.5, 0.6) is 0 Å². The van der Waals surface area contributed by atoms with Gasteiger partial charge in [-0.1, -0.05) is 13.8 Å². The summed E-state index contributed by atoms with van der Waals surface area (Å²) in [4.78, 5) is 24.7. The van der Waals surface area contributed by atoms with E-state index in [1.165, 1.54) is 0 Å². The fraction of sp³-hybridized carbons (Fsp3) is 0.818. The molecule has 0 saturated heterocycles. The quantitative estimate of drug-likeness (QED) is 0.671. The molecule has 0 heterocycles. The highest BCUT2D eigenvalue weighted by Crippen LogP contribution is 1.97. The van der Waals surface area contributed by atoms with Gasteiger partial charge >= 0.3 is 0 Å². The Hall–Kier alpha value is -1.10. The minimum absolute atomic E-state index is 0.0287. The molecule has 0 aliphatic carbocycles. The summed E-state index contributed by atoms with van der Waals surface area (Å²) < 4.78 is 0. The van der Waals surface area contributed by atoms with Gasteiger partial charge in [0, 0.05) is 13.1 Å². The van der Waals surface area contributed by atoms with Crippen LogP contribution < -0.4 is 11.1 Å². The minimum Gasteiger partial charge on any atom is -0.346 e. The predicted octanol–water partition coefficient (Wildman–Crippen LogP) is -0.0457. The van der Waals surface area contributed by atoms with E-state index in [0.29, 0.717) is 13.1 Å². The van der Waals surface area contributed by atoms with Gasteiger partial charge in [0.05, 0.1) is 12.6 Å². The molecule has 1 atom stereocenters. The number of nitrogens with one attached hydrogen (secondary N) is 1. The van der Waals surface area contributed by atoms with Gasteiger partial charge < -0.3 is 16.0 Å². The van der Waals surface area contributed by atoms with E-state index in [-0.39, 0.29) is 24.3 Å². The van der Waals surface area contributed by atoms with Crippen molar-refractivity contribution in [3.63, 3.8) is 0 Å². The average molecular weight is 229 g/mol. The third-order valence-electron chi connectivity index (χ3n) is 2.55. The summed E-state index contributed by atoms with van der Waals surface area (Å²) in [5.41, 5.74) is 5.65. The summed E-state index contributed by atoms with van der Waals surface area (Å²) in [5, 5.41) is 2.56. The monoisotopic (exact) mass is 229 g/mol. The number of carbonyl (C=O) groups is 2. The van der Waals surface area contributed by atoms with E-state index < -0.39 is 6.04 Å². The fourth-order valence-corrected chi connectivity index (χ4v) is 1.27. The van der Waals surface area contributed by atoms with Crippen LogP contribution in [0, 0.1) is 5.92 Å². The lowest BCUT2D eigenvalue weighted by Crippen LogP contribution is -2.47. The maximum atomic E-state index is 11.6. The van der Waals surface area contributed by atoms with E-state index >= 15 is 0 Å². The van der Waals surface area contributed by atoms with Crippen molar-refractivity contribution in [3.8, 4) is 0 Å². The number of hydrogen-bond acceptors (Lipinski definition) is 3. The largest absolute Gasteiger partial charge is 0.346 e. The maximum absolute atomic E-state index is 11.6. The molecule has 0 aromatic carbocycles. The molecule has 0 aliphatic rings. The summed E-state index contributed by atoms with van der Waals surface area (Å²) in [6.45, 7) is 8.89. The number of likely N-dealkylation sites (N-methyl/N-ethyl adjacent to an activating group) is 1. The summed E-state index contributed by atoms with van der Waals surface area (Å²) in [7, 11) is 0. The Balaban J connectivity index is 4.05. The molecule has 0 saturated carbocycles. The van der Waals surface area contributed by atoms with Gasteiger partial charge in [-0.3, -0.25) is 9.59 Å². The van der Waals surface area contributed by atoms with Crippen LogP contribution in [-0.4, -0.2) is 42.4 Å². The number of nitrogens with two attached hydrogens (primary N) is 1. The Morgan fingerprint density at radius 2 is 1.75 bits per heavy atom. The molecule has 16 heavy (non-hydrogen) atoms. The van der Waals surface area contributed by atoms with Crippen LogP contribution in [-0.2, 0) is 9.59 Å². The van der Waals surface area contributed by atoms with Crippen molar-refractivity contribution >= 4 is 11.8 Å². The molecule has 0 fully saturated rings. The van der Waals surface area contributed by atoms with Gasteiger partial charge in [-0.15, -0.1) is 0 Å². The minimum atomic E-state index is -0.551. The van der Waals surface area contributed by atoms with E-state index in [1.54, 1.807) is 4.90 Å². The van der Waals surface area contributed by atoms with Crippen LogP contribution in [0.2, 0.25) is 0 Å². The van der Waals surface area contributed by atoms with Crippen molar-refractivity contribution in [3.05, 3.63) is 0 Å². The van der Waals surface area contributed by atoms with Crippen LogP contribution in [0.25, 0.3) is 0 Å². The highest BCUT2D eigenvalue weighted by molar-refractivity contribution is 5.87. The zero-order valence-corrected chi connectivity index (χ0v) is 10.6. The van der Waals surface area contributed by atoms with E-state index in [4.69, 9.17) is 5.73 Å². The smallest absolute Gasteiger partial charge is 0.241 e. The first-order chi connectivity index (χ1) is 7.43. The summed E-state index contributed by atoms with van der Waals surface area (Å²) >= 11 is 0. The van der Waals surface area contributed by atoms with Crippen LogP contribution in [0.15, 0.2) is 0 Å². The molecule has 0 aromatic heterocycles. The summed E-state index contributed by atoms with van der Waals surface area (Å²) in [5.74, 6) is -0.270. The highest BCUT2D eigenvalue weighted by Gasteiger charge is 2.18. The molecule has 2 amide bonds. The van der Waals surface area contributed by atoms with E-state index in [2.05, 4.69) is 5.32 Å². The third kappa shape index (κ3) is 4.61. The average Bonchev–Trinajstić information content (AvgIpc) is 2.26. The molecule has 0 rings (SSSR count). The first kappa shape index (κ1) is 14.9. The lowest BCUT2D eigenvalue weighted by molar-refractivity contribution is -0.133.